The van der Waals surface area contributed by atoms with Gasteiger partial charge in [0.15, 0.2) is 0 Å². The van der Waals surface area contributed by atoms with Crippen molar-refractivity contribution in [3.05, 3.63) is 23.0 Å². The molecule has 1 atom stereocenters. The molecule has 1 aromatic rings. The van der Waals surface area contributed by atoms with Crippen molar-refractivity contribution in [1.29, 1.82) is 5.41 Å². The zero-order valence-electron chi connectivity index (χ0n) is 10.8. The number of aryl methyl sites for hydroxylation is 1. The predicted molar refractivity (Wildman–Crippen MR) is 65.0 cm³/mol. The quantitative estimate of drug-likeness (QED) is 0.641. The minimum absolute atomic E-state index is 0.274. The molecule has 0 bridgehead atoms. The van der Waals surface area contributed by atoms with Crippen LogP contribution in [-0.2, 0) is 21.3 Å². The Morgan fingerprint density at radius 3 is 2.44 bits per heavy atom. The van der Waals surface area contributed by atoms with Gasteiger partial charge in [-0.05, 0) is 13.0 Å². The maximum atomic E-state index is 11.7. The van der Waals surface area contributed by atoms with Gasteiger partial charge < -0.3 is 19.5 Å². The molecule has 1 unspecified atom stereocenters. The lowest BCUT2D eigenvalue weighted by Crippen LogP contribution is -2.21. The Hall–Kier alpha value is -2.11. The van der Waals surface area contributed by atoms with Crippen molar-refractivity contribution in [3.63, 3.8) is 0 Å². The van der Waals surface area contributed by atoms with E-state index in [1.54, 1.807) is 24.6 Å². The summed E-state index contributed by atoms with van der Waals surface area (Å²) < 4.78 is 11.0. The molecule has 0 aliphatic rings. The number of carbonyl (C=O) groups excluding carboxylic acids is 2. The smallest absolute Gasteiger partial charge is 0.339 e. The van der Waals surface area contributed by atoms with Crippen molar-refractivity contribution < 1.29 is 19.1 Å². The van der Waals surface area contributed by atoms with E-state index in [2.05, 4.69) is 9.47 Å². The summed E-state index contributed by atoms with van der Waals surface area (Å²) in [7, 11) is 4.23. The second-order valence-corrected chi connectivity index (χ2v) is 3.80. The number of nitrogens with zero attached hydrogens (tertiary/aromatic N) is 1. The first-order chi connectivity index (χ1) is 8.47. The molecule has 1 heterocycles. The molecular formula is C12H16N2O4. The van der Waals surface area contributed by atoms with E-state index in [9.17, 15) is 9.59 Å². The van der Waals surface area contributed by atoms with Gasteiger partial charge in [-0.3, -0.25) is 4.79 Å². The van der Waals surface area contributed by atoms with Crippen LogP contribution in [0.5, 0.6) is 0 Å². The topological polar surface area (TPSA) is 81.4 Å². The molecule has 0 aliphatic heterocycles. The van der Waals surface area contributed by atoms with Crippen LogP contribution in [0.4, 0.5) is 0 Å². The number of carbonyl (C=O) groups is 2. The fourth-order valence-corrected chi connectivity index (χ4v) is 1.79. The van der Waals surface area contributed by atoms with Gasteiger partial charge in [0.2, 0.25) is 0 Å². The largest absolute Gasteiger partial charge is 0.468 e. The first-order valence-electron chi connectivity index (χ1n) is 5.30. The molecule has 6 heteroatoms. The summed E-state index contributed by atoms with van der Waals surface area (Å²) in [6.45, 7) is 1.80. The SMILES string of the molecule is COC(=O)c1cc(C)n(C)c1C(C=N)C(=O)OC. The van der Waals surface area contributed by atoms with Gasteiger partial charge in [0, 0.05) is 19.0 Å². The Balaban J connectivity index is 3.41. The summed E-state index contributed by atoms with van der Waals surface area (Å²) in [4.78, 5) is 23.3. The van der Waals surface area contributed by atoms with Crippen LogP contribution < -0.4 is 0 Å². The van der Waals surface area contributed by atoms with Crippen LogP contribution in [0.25, 0.3) is 0 Å². The lowest BCUT2D eigenvalue weighted by atomic mass is 10.0. The fourth-order valence-electron chi connectivity index (χ4n) is 1.79. The maximum Gasteiger partial charge on any atom is 0.339 e. The maximum absolute atomic E-state index is 11.7. The highest BCUT2D eigenvalue weighted by molar-refractivity contribution is 6.00. The molecule has 0 aromatic carbocycles. The molecule has 0 saturated carbocycles. The van der Waals surface area contributed by atoms with Gasteiger partial charge in [-0.2, -0.15) is 0 Å². The summed E-state index contributed by atoms with van der Waals surface area (Å²) in [6, 6.07) is 1.63. The van der Waals surface area contributed by atoms with Gasteiger partial charge in [0.05, 0.1) is 25.5 Å². The molecule has 18 heavy (non-hydrogen) atoms. The Kier molecular flexibility index (Phi) is 4.25. The molecule has 0 amide bonds. The summed E-state index contributed by atoms with van der Waals surface area (Å²) in [5.41, 5.74) is 1.47. The molecule has 1 aromatic heterocycles. The minimum atomic E-state index is -0.914. The Morgan fingerprint density at radius 2 is 2.00 bits per heavy atom. The van der Waals surface area contributed by atoms with E-state index < -0.39 is 17.9 Å². The van der Waals surface area contributed by atoms with Crippen molar-refractivity contribution in [1.82, 2.24) is 4.57 Å². The molecule has 1 N–H and O–H groups in total. The third-order valence-electron chi connectivity index (χ3n) is 2.84. The number of esters is 2. The number of aromatic nitrogens is 1. The van der Waals surface area contributed by atoms with E-state index in [1.165, 1.54) is 14.2 Å². The van der Waals surface area contributed by atoms with E-state index >= 15 is 0 Å². The third-order valence-corrected chi connectivity index (χ3v) is 2.84. The van der Waals surface area contributed by atoms with Crippen LogP contribution >= 0.6 is 0 Å². The van der Waals surface area contributed by atoms with E-state index in [1.807, 2.05) is 0 Å². The van der Waals surface area contributed by atoms with E-state index in [4.69, 9.17) is 5.41 Å². The number of ether oxygens (including phenoxy) is 2. The number of nitrogens with one attached hydrogen (secondary N) is 1. The zero-order valence-corrected chi connectivity index (χ0v) is 10.8. The lowest BCUT2D eigenvalue weighted by Gasteiger charge is -2.13. The van der Waals surface area contributed by atoms with Gasteiger partial charge >= 0.3 is 11.9 Å². The average molecular weight is 252 g/mol. The number of hydrogen-bond acceptors (Lipinski definition) is 5. The highest BCUT2D eigenvalue weighted by Crippen LogP contribution is 2.24. The summed E-state index contributed by atoms with van der Waals surface area (Å²) >= 11 is 0. The molecule has 98 valence electrons. The first kappa shape index (κ1) is 14.0. The molecule has 6 nitrogen and oxygen atoms in total. The van der Waals surface area contributed by atoms with E-state index in [0.29, 0.717) is 5.69 Å². The van der Waals surface area contributed by atoms with Gasteiger partial charge in [-0.25, -0.2) is 4.79 Å². The van der Waals surface area contributed by atoms with Crippen LogP contribution in [0.3, 0.4) is 0 Å². The van der Waals surface area contributed by atoms with Gasteiger partial charge in [0.1, 0.15) is 5.92 Å². The van der Waals surface area contributed by atoms with Crippen molar-refractivity contribution >= 4 is 18.2 Å². The fraction of sp³-hybridized carbons (Fsp3) is 0.417. The second-order valence-electron chi connectivity index (χ2n) is 3.80. The first-order valence-corrected chi connectivity index (χ1v) is 5.30. The monoisotopic (exact) mass is 252 g/mol. The lowest BCUT2D eigenvalue weighted by molar-refractivity contribution is -0.140. The van der Waals surface area contributed by atoms with Gasteiger partial charge in [-0.15, -0.1) is 0 Å². The predicted octanol–water partition coefficient (Wildman–Crippen LogP) is 1.03. The molecule has 1 rings (SSSR count). The zero-order chi connectivity index (χ0) is 13.9. The van der Waals surface area contributed by atoms with Gasteiger partial charge in [-0.1, -0.05) is 0 Å². The summed E-state index contributed by atoms with van der Waals surface area (Å²) in [5, 5.41) is 7.34. The number of hydrogen-bond donors (Lipinski definition) is 1. The van der Waals surface area contributed by atoms with E-state index in [0.717, 1.165) is 11.9 Å². The summed E-state index contributed by atoms with van der Waals surface area (Å²) in [5.74, 6) is -2.04. The molecule has 0 spiro atoms. The van der Waals surface area contributed by atoms with Crippen molar-refractivity contribution in [2.75, 3.05) is 14.2 Å². The molecule has 0 aliphatic carbocycles. The van der Waals surface area contributed by atoms with Crippen LogP contribution in [0, 0.1) is 12.3 Å². The molecular weight excluding hydrogens is 236 g/mol. The van der Waals surface area contributed by atoms with Crippen LogP contribution in [0.15, 0.2) is 6.07 Å². The van der Waals surface area contributed by atoms with Crippen LogP contribution in [-0.4, -0.2) is 36.9 Å². The van der Waals surface area contributed by atoms with Crippen molar-refractivity contribution in [3.8, 4) is 0 Å². The normalized spacial score (nSPS) is 11.8. The highest BCUT2D eigenvalue weighted by atomic mass is 16.5. The highest BCUT2D eigenvalue weighted by Gasteiger charge is 2.29. The average Bonchev–Trinajstić information content (AvgIpc) is 2.67. The number of rotatable bonds is 4. The van der Waals surface area contributed by atoms with E-state index in [-0.39, 0.29) is 5.56 Å². The van der Waals surface area contributed by atoms with Crippen LogP contribution in [0.1, 0.15) is 27.7 Å². The standard InChI is InChI=1S/C12H16N2O4/c1-7-5-8(11(15)17-3)10(14(7)2)9(6-13)12(16)18-4/h5-6,9,13H,1-4H3. The molecule has 0 radical (unpaired) electrons. The number of methoxy groups -OCH3 is 2. The summed E-state index contributed by atoms with van der Waals surface area (Å²) in [6.07, 6.45) is 0.951. The van der Waals surface area contributed by atoms with Crippen molar-refractivity contribution in [2.24, 2.45) is 7.05 Å². The minimum Gasteiger partial charge on any atom is -0.468 e. The molecule has 0 fully saturated rings. The Morgan fingerprint density at radius 1 is 1.39 bits per heavy atom. The van der Waals surface area contributed by atoms with Crippen molar-refractivity contribution in [2.45, 2.75) is 12.8 Å². The Labute approximate surface area is 105 Å². The molecule has 0 saturated heterocycles. The third kappa shape index (κ3) is 2.27. The Bertz CT molecular complexity index is 491. The van der Waals surface area contributed by atoms with Gasteiger partial charge in [0.25, 0.3) is 0 Å². The van der Waals surface area contributed by atoms with Crippen LogP contribution in [0.2, 0.25) is 0 Å². The second kappa shape index (κ2) is 5.48.